The van der Waals surface area contributed by atoms with Crippen molar-refractivity contribution in [3.8, 4) is 5.75 Å². The highest BCUT2D eigenvalue weighted by Gasteiger charge is 2.13. The van der Waals surface area contributed by atoms with Crippen molar-refractivity contribution < 1.29 is 9.15 Å². The average molecular weight is 264 g/mol. The second-order valence-electron chi connectivity index (χ2n) is 3.69. The first kappa shape index (κ1) is 13.0. The van der Waals surface area contributed by atoms with Crippen LogP contribution >= 0.6 is 11.8 Å². The third-order valence-corrected chi connectivity index (χ3v) is 3.39. The van der Waals surface area contributed by atoms with E-state index in [1.54, 1.807) is 12.5 Å². The van der Waals surface area contributed by atoms with Crippen LogP contribution in [0.15, 0.2) is 46.4 Å². The van der Waals surface area contributed by atoms with E-state index in [0.29, 0.717) is 17.6 Å². The van der Waals surface area contributed by atoms with Gasteiger partial charge in [-0.15, -0.1) is 0 Å². The minimum atomic E-state index is -0.107. The fraction of sp³-hybridized carbons (Fsp3) is 0.308. The smallest absolute Gasteiger partial charge is 0.255 e. The van der Waals surface area contributed by atoms with Gasteiger partial charge in [0.25, 0.3) is 5.22 Å². The Morgan fingerprint density at radius 1 is 1.44 bits per heavy atom. The van der Waals surface area contributed by atoms with Crippen LogP contribution in [0.4, 0.5) is 0 Å². The molecule has 0 bridgehead atoms. The summed E-state index contributed by atoms with van der Waals surface area (Å²) in [7, 11) is 0. The Balaban J connectivity index is 2.01. The summed E-state index contributed by atoms with van der Waals surface area (Å²) in [6, 6.07) is 7.74. The number of para-hydroxylation sites is 1. The molecule has 0 aliphatic heterocycles. The van der Waals surface area contributed by atoms with Gasteiger partial charge >= 0.3 is 0 Å². The van der Waals surface area contributed by atoms with E-state index < -0.39 is 0 Å². The van der Waals surface area contributed by atoms with Gasteiger partial charge in [0.1, 0.15) is 12.0 Å². The molecule has 1 aromatic carbocycles. The van der Waals surface area contributed by atoms with Crippen molar-refractivity contribution in [1.82, 2.24) is 4.98 Å². The van der Waals surface area contributed by atoms with E-state index in [-0.39, 0.29) is 6.04 Å². The largest absolute Gasteiger partial charge is 0.494 e. The molecule has 1 heterocycles. The molecule has 1 unspecified atom stereocenters. The lowest BCUT2D eigenvalue weighted by atomic mass is 10.1. The second kappa shape index (κ2) is 6.47. The number of hydrogen-bond acceptors (Lipinski definition) is 5. The van der Waals surface area contributed by atoms with Gasteiger partial charge in [-0.1, -0.05) is 30.0 Å². The number of hydrogen-bond donors (Lipinski definition) is 1. The second-order valence-corrected chi connectivity index (χ2v) is 4.66. The molecule has 0 saturated carbocycles. The molecule has 0 fully saturated rings. The predicted octanol–water partition coefficient (Wildman–Crippen LogP) is 2.87. The van der Waals surface area contributed by atoms with Crippen LogP contribution in [0, 0.1) is 0 Å². The maximum atomic E-state index is 6.17. The molecule has 96 valence electrons. The van der Waals surface area contributed by atoms with E-state index in [0.717, 1.165) is 11.3 Å². The molecule has 0 aliphatic carbocycles. The number of oxazole rings is 1. The van der Waals surface area contributed by atoms with Gasteiger partial charge in [-0.3, -0.25) is 0 Å². The highest BCUT2D eigenvalue weighted by molar-refractivity contribution is 7.99. The average Bonchev–Trinajstić information content (AvgIpc) is 2.90. The number of thioether (sulfide) groups is 1. The number of ether oxygens (including phenoxy) is 1. The number of benzene rings is 1. The number of rotatable bonds is 6. The Labute approximate surface area is 111 Å². The Bertz CT molecular complexity index is 474. The molecule has 2 N–H and O–H groups in total. The third kappa shape index (κ3) is 3.27. The van der Waals surface area contributed by atoms with Gasteiger partial charge in [-0.25, -0.2) is 4.98 Å². The standard InChI is InChI=1S/C13H16N2O2S/c1-2-16-12-6-4-3-5-10(12)11(14)9-18-13-15-7-8-17-13/h3-8,11H,2,9,14H2,1H3. The highest BCUT2D eigenvalue weighted by atomic mass is 32.2. The van der Waals surface area contributed by atoms with Crippen molar-refractivity contribution in [3.05, 3.63) is 42.3 Å². The zero-order valence-electron chi connectivity index (χ0n) is 10.2. The molecule has 18 heavy (non-hydrogen) atoms. The quantitative estimate of drug-likeness (QED) is 0.813. The summed E-state index contributed by atoms with van der Waals surface area (Å²) in [6.45, 7) is 2.60. The molecular formula is C13H16N2O2S. The topological polar surface area (TPSA) is 61.3 Å². The Morgan fingerprint density at radius 3 is 3.00 bits per heavy atom. The first-order chi connectivity index (χ1) is 8.81. The Hall–Kier alpha value is -1.46. The minimum absolute atomic E-state index is 0.107. The molecule has 0 amide bonds. The van der Waals surface area contributed by atoms with Crippen LogP contribution in [0.3, 0.4) is 0 Å². The molecule has 0 radical (unpaired) electrons. The molecule has 0 spiro atoms. The normalized spacial score (nSPS) is 12.3. The summed E-state index contributed by atoms with van der Waals surface area (Å²) in [5.41, 5.74) is 7.18. The lowest BCUT2D eigenvalue weighted by Crippen LogP contribution is -2.14. The lowest BCUT2D eigenvalue weighted by molar-refractivity contribution is 0.335. The van der Waals surface area contributed by atoms with E-state index in [1.807, 2.05) is 31.2 Å². The maximum absolute atomic E-state index is 6.17. The van der Waals surface area contributed by atoms with Gasteiger partial charge in [-0.2, -0.15) is 0 Å². The minimum Gasteiger partial charge on any atom is -0.494 e. The van der Waals surface area contributed by atoms with E-state index in [4.69, 9.17) is 14.9 Å². The monoisotopic (exact) mass is 264 g/mol. The Morgan fingerprint density at radius 2 is 2.28 bits per heavy atom. The summed E-state index contributed by atoms with van der Waals surface area (Å²) >= 11 is 1.50. The van der Waals surface area contributed by atoms with Crippen LogP contribution in [0.25, 0.3) is 0 Å². The molecule has 0 aliphatic rings. The summed E-state index contributed by atoms with van der Waals surface area (Å²) in [5, 5.41) is 0.638. The first-order valence-electron chi connectivity index (χ1n) is 5.81. The fourth-order valence-corrected chi connectivity index (χ4v) is 2.37. The first-order valence-corrected chi connectivity index (χ1v) is 6.79. The summed E-state index contributed by atoms with van der Waals surface area (Å²) < 4.78 is 10.7. The van der Waals surface area contributed by atoms with Crippen molar-refractivity contribution >= 4 is 11.8 Å². The SMILES string of the molecule is CCOc1ccccc1C(N)CSc1ncco1. The van der Waals surface area contributed by atoms with Crippen molar-refractivity contribution in [2.24, 2.45) is 5.73 Å². The van der Waals surface area contributed by atoms with Crippen LogP contribution in [0.2, 0.25) is 0 Å². The zero-order valence-corrected chi connectivity index (χ0v) is 11.0. The van der Waals surface area contributed by atoms with Crippen molar-refractivity contribution in [3.63, 3.8) is 0 Å². The molecule has 1 atom stereocenters. The van der Waals surface area contributed by atoms with E-state index in [9.17, 15) is 0 Å². The van der Waals surface area contributed by atoms with Gasteiger partial charge in [-0.05, 0) is 13.0 Å². The Kier molecular flexibility index (Phi) is 4.66. The van der Waals surface area contributed by atoms with Crippen molar-refractivity contribution in [2.45, 2.75) is 18.2 Å². The lowest BCUT2D eigenvalue weighted by Gasteiger charge is -2.15. The maximum Gasteiger partial charge on any atom is 0.255 e. The highest BCUT2D eigenvalue weighted by Crippen LogP contribution is 2.28. The fourth-order valence-electron chi connectivity index (χ4n) is 1.61. The van der Waals surface area contributed by atoms with Gasteiger partial charge in [0, 0.05) is 17.4 Å². The van der Waals surface area contributed by atoms with Crippen LogP contribution in [-0.4, -0.2) is 17.3 Å². The number of nitrogens with zero attached hydrogens (tertiary/aromatic N) is 1. The molecule has 5 heteroatoms. The van der Waals surface area contributed by atoms with E-state index in [1.165, 1.54) is 11.8 Å². The molecule has 4 nitrogen and oxygen atoms in total. The molecule has 1 aromatic heterocycles. The van der Waals surface area contributed by atoms with Crippen molar-refractivity contribution in [2.75, 3.05) is 12.4 Å². The van der Waals surface area contributed by atoms with Crippen LogP contribution in [-0.2, 0) is 0 Å². The van der Waals surface area contributed by atoms with Gasteiger partial charge in [0.15, 0.2) is 0 Å². The van der Waals surface area contributed by atoms with E-state index >= 15 is 0 Å². The van der Waals surface area contributed by atoms with Crippen LogP contribution in [0.1, 0.15) is 18.5 Å². The van der Waals surface area contributed by atoms with Gasteiger partial charge < -0.3 is 14.9 Å². The van der Waals surface area contributed by atoms with E-state index in [2.05, 4.69) is 4.98 Å². The van der Waals surface area contributed by atoms with Crippen LogP contribution in [0.5, 0.6) is 5.75 Å². The number of nitrogens with two attached hydrogens (primary N) is 1. The van der Waals surface area contributed by atoms with Gasteiger partial charge in [0.2, 0.25) is 0 Å². The molecule has 2 rings (SSSR count). The summed E-state index contributed by atoms with van der Waals surface area (Å²) in [6.07, 6.45) is 3.18. The predicted molar refractivity (Wildman–Crippen MR) is 71.8 cm³/mol. The summed E-state index contributed by atoms with van der Waals surface area (Å²) in [5.74, 6) is 1.55. The number of aromatic nitrogens is 1. The van der Waals surface area contributed by atoms with Gasteiger partial charge in [0.05, 0.1) is 12.8 Å². The van der Waals surface area contributed by atoms with Crippen LogP contribution < -0.4 is 10.5 Å². The molecule has 2 aromatic rings. The van der Waals surface area contributed by atoms with Crippen molar-refractivity contribution in [1.29, 1.82) is 0 Å². The summed E-state index contributed by atoms with van der Waals surface area (Å²) in [4.78, 5) is 4.05. The third-order valence-electron chi connectivity index (χ3n) is 2.41. The molecular weight excluding hydrogens is 248 g/mol. The zero-order chi connectivity index (χ0) is 12.8. The molecule has 0 saturated heterocycles.